The van der Waals surface area contributed by atoms with Gasteiger partial charge in [-0.3, -0.25) is 0 Å². The van der Waals surface area contributed by atoms with Crippen LogP contribution < -0.4 is 0 Å². The van der Waals surface area contributed by atoms with E-state index < -0.39 is 0 Å². The average Bonchev–Trinajstić information content (AvgIpc) is 2.26. The Balaban J connectivity index is 3.65. The standard InChI is InChI=1S/C9HN5/c10-2-6-1-7(3-11)14-9(5-13)8(6)4-12/h1H. The minimum atomic E-state index is -0.192. The van der Waals surface area contributed by atoms with E-state index in [1.165, 1.54) is 6.07 Å². The van der Waals surface area contributed by atoms with Crippen LogP contribution in [0.4, 0.5) is 0 Å². The Morgan fingerprint density at radius 3 is 2.07 bits per heavy atom. The predicted molar refractivity (Wildman–Crippen MR) is 43.1 cm³/mol. The van der Waals surface area contributed by atoms with Crippen LogP contribution in [-0.4, -0.2) is 4.98 Å². The topological polar surface area (TPSA) is 108 Å². The second-order valence-corrected chi connectivity index (χ2v) is 2.23. The van der Waals surface area contributed by atoms with Gasteiger partial charge in [-0.05, 0) is 6.07 Å². The Hall–Kier alpha value is -2.89. The number of nitriles is 4. The summed E-state index contributed by atoms with van der Waals surface area (Å²) in [5, 5.41) is 34.4. The molecule has 1 rings (SSSR count). The van der Waals surface area contributed by atoms with Crippen molar-refractivity contribution in [2.45, 2.75) is 0 Å². The first-order valence-electron chi connectivity index (χ1n) is 3.42. The van der Waals surface area contributed by atoms with Gasteiger partial charge in [0.1, 0.15) is 35.5 Å². The number of hydrogen-bond acceptors (Lipinski definition) is 5. The van der Waals surface area contributed by atoms with Gasteiger partial charge in [0, 0.05) is 0 Å². The summed E-state index contributed by atoms with van der Waals surface area (Å²) in [6, 6.07) is 7.98. The van der Waals surface area contributed by atoms with E-state index in [1.54, 1.807) is 24.3 Å². The highest BCUT2D eigenvalue weighted by Crippen LogP contribution is 2.11. The van der Waals surface area contributed by atoms with Crippen molar-refractivity contribution in [3.8, 4) is 24.3 Å². The summed E-state index contributed by atoms with van der Waals surface area (Å²) >= 11 is 0. The van der Waals surface area contributed by atoms with Gasteiger partial charge in [0.05, 0.1) is 5.56 Å². The molecule has 0 atom stereocenters. The van der Waals surface area contributed by atoms with Gasteiger partial charge in [-0.15, -0.1) is 0 Å². The number of pyridine rings is 1. The lowest BCUT2D eigenvalue weighted by Crippen LogP contribution is -1.96. The third kappa shape index (κ3) is 1.34. The number of nitrogens with zero attached hydrogens (tertiary/aromatic N) is 5. The van der Waals surface area contributed by atoms with Crippen molar-refractivity contribution in [1.82, 2.24) is 4.98 Å². The highest BCUT2D eigenvalue weighted by Gasteiger charge is 2.11. The molecule has 0 aliphatic heterocycles. The molecule has 1 aromatic heterocycles. The Kier molecular flexibility index (Phi) is 2.42. The van der Waals surface area contributed by atoms with Gasteiger partial charge >= 0.3 is 0 Å². The summed E-state index contributed by atoms with van der Waals surface area (Å²) in [6.45, 7) is 0. The van der Waals surface area contributed by atoms with Crippen LogP contribution in [0, 0.1) is 45.3 Å². The van der Waals surface area contributed by atoms with E-state index in [9.17, 15) is 0 Å². The van der Waals surface area contributed by atoms with Gasteiger partial charge < -0.3 is 0 Å². The summed E-state index contributed by atoms with van der Waals surface area (Å²) < 4.78 is 0. The molecule has 0 fully saturated rings. The molecule has 0 spiro atoms. The summed E-state index contributed by atoms with van der Waals surface area (Å²) in [5.74, 6) is 0. The van der Waals surface area contributed by atoms with E-state index in [0.29, 0.717) is 0 Å². The van der Waals surface area contributed by atoms with Crippen molar-refractivity contribution in [2.75, 3.05) is 0 Å². The zero-order chi connectivity index (χ0) is 10.6. The molecule has 0 saturated carbocycles. The fourth-order valence-electron chi connectivity index (χ4n) is 0.885. The highest BCUT2D eigenvalue weighted by atomic mass is 14.7. The van der Waals surface area contributed by atoms with Gasteiger partial charge in [-0.25, -0.2) is 4.98 Å². The Bertz CT molecular complexity index is 510. The van der Waals surface area contributed by atoms with E-state index >= 15 is 0 Å². The lowest BCUT2D eigenvalue weighted by Gasteiger charge is -1.96. The Labute approximate surface area is 79.7 Å². The maximum Gasteiger partial charge on any atom is 0.161 e. The molecule has 0 unspecified atom stereocenters. The van der Waals surface area contributed by atoms with E-state index in [-0.39, 0.29) is 22.5 Å². The third-order valence-corrected chi connectivity index (χ3v) is 1.47. The smallest absolute Gasteiger partial charge is 0.161 e. The molecule has 5 nitrogen and oxygen atoms in total. The monoisotopic (exact) mass is 179 g/mol. The summed E-state index contributed by atoms with van der Waals surface area (Å²) in [6.07, 6.45) is 0. The van der Waals surface area contributed by atoms with Gasteiger partial charge in [0.15, 0.2) is 5.69 Å². The Morgan fingerprint density at radius 2 is 1.64 bits per heavy atom. The molecule has 14 heavy (non-hydrogen) atoms. The van der Waals surface area contributed by atoms with Gasteiger partial charge in [0.2, 0.25) is 0 Å². The predicted octanol–water partition coefficient (Wildman–Crippen LogP) is 0.568. The van der Waals surface area contributed by atoms with Crippen LogP contribution in [0.3, 0.4) is 0 Å². The number of aromatic nitrogens is 1. The zero-order valence-corrected chi connectivity index (χ0v) is 6.81. The van der Waals surface area contributed by atoms with Crippen molar-refractivity contribution in [3.63, 3.8) is 0 Å². The van der Waals surface area contributed by atoms with Crippen LogP contribution >= 0.6 is 0 Å². The van der Waals surface area contributed by atoms with E-state index in [0.717, 1.165) is 0 Å². The normalized spacial score (nSPS) is 7.71. The SMILES string of the molecule is N#Cc1cc(C#N)c(C#N)c(C#N)n1. The van der Waals surface area contributed by atoms with E-state index in [2.05, 4.69) is 4.98 Å². The molecular formula is C9HN5. The molecule has 0 bridgehead atoms. The van der Waals surface area contributed by atoms with Crippen LogP contribution in [0.5, 0.6) is 0 Å². The summed E-state index contributed by atoms with van der Waals surface area (Å²) in [7, 11) is 0. The van der Waals surface area contributed by atoms with E-state index in [4.69, 9.17) is 21.0 Å². The van der Waals surface area contributed by atoms with Gasteiger partial charge in [-0.1, -0.05) is 0 Å². The lowest BCUT2D eigenvalue weighted by molar-refractivity contribution is 1.19. The molecule has 0 aliphatic carbocycles. The third-order valence-electron chi connectivity index (χ3n) is 1.47. The molecule has 0 saturated heterocycles. The minimum absolute atomic E-state index is 0.00407. The molecule has 1 aromatic rings. The van der Waals surface area contributed by atoms with Crippen LogP contribution in [0.15, 0.2) is 6.07 Å². The Morgan fingerprint density at radius 1 is 0.929 bits per heavy atom. The van der Waals surface area contributed by atoms with Crippen molar-refractivity contribution < 1.29 is 0 Å². The van der Waals surface area contributed by atoms with Crippen molar-refractivity contribution >= 4 is 0 Å². The first kappa shape index (κ1) is 9.20. The molecule has 62 valence electrons. The quantitative estimate of drug-likeness (QED) is 0.578. The number of hydrogen-bond donors (Lipinski definition) is 0. The van der Waals surface area contributed by atoms with Crippen LogP contribution in [0.2, 0.25) is 0 Å². The molecule has 1 heterocycles. The molecule has 5 heteroatoms. The van der Waals surface area contributed by atoms with Gasteiger partial charge in [-0.2, -0.15) is 21.0 Å². The van der Waals surface area contributed by atoms with Crippen molar-refractivity contribution in [3.05, 3.63) is 28.6 Å². The minimum Gasteiger partial charge on any atom is -0.225 e. The molecular weight excluding hydrogens is 178 g/mol. The first-order valence-corrected chi connectivity index (χ1v) is 3.42. The largest absolute Gasteiger partial charge is 0.225 e. The fourth-order valence-corrected chi connectivity index (χ4v) is 0.885. The second-order valence-electron chi connectivity index (χ2n) is 2.23. The maximum atomic E-state index is 8.65. The average molecular weight is 179 g/mol. The second kappa shape index (κ2) is 3.68. The van der Waals surface area contributed by atoms with Crippen LogP contribution in [0.1, 0.15) is 22.5 Å². The summed E-state index contributed by atoms with van der Waals surface area (Å²) in [4.78, 5) is 3.59. The fraction of sp³-hybridized carbons (Fsp3) is 0. The molecule has 0 aliphatic rings. The van der Waals surface area contributed by atoms with Crippen LogP contribution in [0.25, 0.3) is 0 Å². The zero-order valence-electron chi connectivity index (χ0n) is 6.81. The first-order chi connectivity index (χ1) is 6.76. The lowest BCUT2D eigenvalue weighted by atomic mass is 10.1. The summed E-state index contributed by atoms with van der Waals surface area (Å²) in [5.41, 5.74) is -0.329. The van der Waals surface area contributed by atoms with Crippen molar-refractivity contribution in [2.24, 2.45) is 0 Å². The molecule has 0 aromatic carbocycles. The van der Waals surface area contributed by atoms with Crippen LogP contribution in [-0.2, 0) is 0 Å². The van der Waals surface area contributed by atoms with E-state index in [1.807, 2.05) is 0 Å². The highest BCUT2D eigenvalue weighted by molar-refractivity contribution is 5.54. The molecule has 0 N–H and O–H groups in total. The molecule has 0 radical (unpaired) electrons. The maximum absolute atomic E-state index is 8.65. The molecule has 0 amide bonds. The van der Waals surface area contributed by atoms with Gasteiger partial charge in [0.25, 0.3) is 0 Å². The number of rotatable bonds is 0. The van der Waals surface area contributed by atoms with Crippen molar-refractivity contribution in [1.29, 1.82) is 21.0 Å².